The Morgan fingerprint density at radius 3 is 2.56 bits per heavy atom. The number of hydrogen-bond acceptors (Lipinski definition) is 4. The van der Waals surface area contributed by atoms with E-state index in [-0.39, 0.29) is 11.7 Å². The summed E-state index contributed by atoms with van der Waals surface area (Å²) in [6, 6.07) is 11.7. The van der Waals surface area contributed by atoms with Crippen molar-refractivity contribution in [2.24, 2.45) is 5.10 Å². The van der Waals surface area contributed by atoms with Crippen molar-refractivity contribution < 1.29 is 13.9 Å². The molecule has 130 valence electrons. The fourth-order valence-electron chi connectivity index (χ4n) is 2.79. The highest BCUT2D eigenvalue weighted by Gasteiger charge is 2.15. The Hall–Kier alpha value is -2.89. The fraction of sp³-hybridized carbons (Fsp3) is 0.263. The maximum Gasteiger partial charge on any atom is 0.271 e. The topological polar surface area (TPSA) is 53.9 Å². The maximum absolute atomic E-state index is 14.2. The van der Waals surface area contributed by atoms with Gasteiger partial charge in [0.1, 0.15) is 11.6 Å². The summed E-state index contributed by atoms with van der Waals surface area (Å²) in [6.45, 7) is 1.78. The maximum atomic E-state index is 14.2. The van der Waals surface area contributed by atoms with Gasteiger partial charge in [-0.05, 0) is 54.8 Å². The van der Waals surface area contributed by atoms with E-state index in [9.17, 15) is 9.18 Å². The lowest BCUT2D eigenvalue weighted by Gasteiger charge is -2.18. The average molecular weight is 341 g/mol. The number of ether oxygens (including phenoxy) is 1. The van der Waals surface area contributed by atoms with Gasteiger partial charge in [-0.25, -0.2) is 9.82 Å². The summed E-state index contributed by atoms with van der Waals surface area (Å²) in [7, 11) is 1.56. The molecule has 5 nitrogen and oxygen atoms in total. The van der Waals surface area contributed by atoms with Crippen LogP contribution in [0.2, 0.25) is 0 Å². The Bertz CT molecular complexity index is 769. The zero-order valence-corrected chi connectivity index (χ0v) is 14.0. The van der Waals surface area contributed by atoms with Crippen LogP contribution in [0.3, 0.4) is 0 Å². The second kappa shape index (κ2) is 7.79. The van der Waals surface area contributed by atoms with E-state index in [1.807, 2.05) is 4.90 Å². The summed E-state index contributed by atoms with van der Waals surface area (Å²) in [6.07, 6.45) is 3.62. The number of halogens is 1. The van der Waals surface area contributed by atoms with Crippen LogP contribution < -0.4 is 15.1 Å². The highest BCUT2D eigenvalue weighted by Crippen LogP contribution is 2.23. The summed E-state index contributed by atoms with van der Waals surface area (Å²) in [5, 5.41) is 3.89. The summed E-state index contributed by atoms with van der Waals surface area (Å²) in [4.78, 5) is 14.0. The number of nitrogens with one attached hydrogen (secondary N) is 1. The van der Waals surface area contributed by atoms with Crippen LogP contribution in [-0.2, 0) is 0 Å². The second-order valence-corrected chi connectivity index (χ2v) is 5.83. The molecule has 0 radical (unpaired) electrons. The van der Waals surface area contributed by atoms with Crippen molar-refractivity contribution in [1.29, 1.82) is 0 Å². The second-order valence-electron chi connectivity index (χ2n) is 5.83. The molecule has 3 rings (SSSR count). The number of amides is 1. The lowest BCUT2D eigenvalue weighted by molar-refractivity contribution is 0.0955. The summed E-state index contributed by atoms with van der Waals surface area (Å²) in [5.74, 6) is 0.0639. The first-order chi connectivity index (χ1) is 12.2. The predicted octanol–water partition coefficient (Wildman–Crippen LogP) is 3.20. The van der Waals surface area contributed by atoms with Crippen LogP contribution in [-0.4, -0.2) is 32.3 Å². The molecule has 1 aliphatic rings. The number of anilines is 1. The smallest absolute Gasteiger partial charge is 0.271 e. The molecule has 0 aliphatic carbocycles. The van der Waals surface area contributed by atoms with Crippen LogP contribution in [0.5, 0.6) is 5.75 Å². The molecule has 0 saturated carbocycles. The average Bonchev–Trinajstić information content (AvgIpc) is 3.16. The molecule has 0 spiro atoms. The van der Waals surface area contributed by atoms with E-state index >= 15 is 0 Å². The summed E-state index contributed by atoms with van der Waals surface area (Å²) < 4.78 is 19.3. The van der Waals surface area contributed by atoms with Crippen molar-refractivity contribution >= 4 is 17.8 Å². The third-order valence-corrected chi connectivity index (χ3v) is 4.15. The van der Waals surface area contributed by atoms with Gasteiger partial charge in [-0.1, -0.05) is 6.07 Å². The Kier molecular flexibility index (Phi) is 5.28. The van der Waals surface area contributed by atoms with E-state index in [0.29, 0.717) is 22.6 Å². The molecule has 0 atom stereocenters. The number of rotatable bonds is 5. The quantitative estimate of drug-likeness (QED) is 0.671. The van der Waals surface area contributed by atoms with Crippen LogP contribution in [0.25, 0.3) is 0 Å². The number of carbonyl (C=O) groups is 1. The van der Waals surface area contributed by atoms with Crippen LogP contribution >= 0.6 is 0 Å². The molecule has 1 saturated heterocycles. The van der Waals surface area contributed by atoms with Crippen molar-refractivity contribution in [3.05, 3.63) is 59.4 Å². The largest absolute Gasteiger partial charge is 0.497 e. The van der Waals surface area contributed by atoms with Gasteiger partial charge in [-0.2, -0.15) is 5.10 Å². The number of carbonyl (C=O) groups excluding carboxylic acids is 1. The zero-order valence-electron chi connectivity index (χ0n) is 14.0. The molecule has 6 heteroatoms. The molecule has 1 fully saturated rings. The van der Waals surface area contributed by atoms with E-state index < -0.39 is 0 Å². The zero-order chi connectivity index (χ0) is 17.6. The van der Waals surface area contributed by atoms with Crippen molar-refractivity contribution in [2.75, 3.05) is 25.1 Å². The first-order valence-electron chi connectivity index (χ1n) is 8.19. The van der Waals surface area contributed by atoms with E-state index in [0.717, 1.165) is 25.9 Å². The molecular weight excluding hydrogens is 321 g/mol. The van der Waals surface area contributed by atoms with Gasteiger partial charge < -0.3 is 9.64 Å². The molecule has 1 N–H and O–H groups in total. The lowest BCUT2D eigenvalue weighted by atomic mass is 10.2. The predicted molar refractivity (Wildman–Crippen MR) is 95.9 cm³/mol. The number of hydrogen-bond donors (Lipinski definition) is 1. The Labute approximate surface area is 146 Å². The van der Waals surface area contributed by atoms with E-state index in [4.69, 9.17) is 4.74 Å². The van der Waals surface area contributed by atoms with Crippen LogP contribution in [0.15, 0.2) is 47.6 Å². The normalized spacial score (nSPS) is 14.1. The molecule has 2 aromatic rings. The first-order valence-corrected chi connectivity index (χ1v) is 8.19. The monoisotopic (exact) mass is 341 g/mol. The summed E-state index contributed by atoms with van der Waals surface area (Å²) in [5.41, 5.74) is 4.11. The molecule has 25 heavy (non-hydrogen) atoms. The molecule has 0 bridgehead atoms. The van der Waals surface area contributed by atoms with Gasteiger partial charge in [-0.3, -0.25) is 4.79 Å². The Morgan fingerprint density at radius 1 is 1.20 bits per heavy atom. The fourth-order valence-corrected chi connectivity index (χ4v) is 2.79. The van der Waals surface area contributed by atoms with Gasteiger partial charge in [0.15, 0.2) is 0 Å². The van der Waals surface area contributed by atoms with Gasteiger partial charge in [0.25, 0.3) is 5.91 Å². The Balaban J connectivity index is 1.61. The molecule has 1 aliphatic heterocycles. The number of hydrazone groups is 1. The van der Waals surface area contributed by atoms with Gasteiger partial charge in [0, 0.05) is 18.7 Å². The van der Waals surface area contributed by atoms with Gasteiger partial charge >= 0.3 is 0 Å². The highest BCUT2D eigenvalue weighted by molar-refractivity contribution is 5.95. The molecule has 0 aromatic heterocycles. The van der Waals surface area contributed by atoms with Gasteiger partial charge in [-0.15, -0.1) is 0 Å². The Morgan fingerprint density at radius 2 is 1.92 bits per heavy atom. The van der Waals surface area contributed by atoms with Crippen LogP contribution in [0.4, 0.5) is 10.1 Å². The number of benzene rings is 2. The molecule has 1 heterocycles. The van der Waals surface area contributed by atoms with Crippen molar-refractivity contribution in [2.45, 2.75) is 12.8 Å². The minimum Gasteiger partial charge on any atom is -0.497 e. The minimum atomic E-state index is -0.340. The lowest BCUT2D eigenvalue weighted by Crippen LogP contribution is -2.19. The number of methoxy groups -OCH3 is 1. The molecular formula is C19H20FN3O2. The van der Waals surface area contributed by atoms with Crippen molar-refractivity contribution in [1.82, 2.24) is 5.43 Å². The first kappa shape index (κ1) is 17.0. The third-order valence-electron chi connectivity index (χ3n) is 4.15. The van der Waals surface area contributed by atoms with E-state index in [1.165, 1.54) is 12.3 Å². The summed E-state index contributed by atoms with van der Waals surface area (Å²) >= 11 is 0. The standard InChI is InChI=1S/C19H20FN3O2/c1-25-16-7-5-15(6-8-16)19(24)22-21-13-14-4-9-18(17(20)12-14)23-10-2-3-11-23/h4-9,12-13H,2-3,10-11H2,1H3,(H,22,24)/b21-13-. The van der Waals surface area contributed by atoms with Crippen molar-refractivity contribution in [3.63, 3.8) is 0 Å². The SMILES string of the molecule is COc1ccc(C(=O)N/N=C\c2ccc(N3CCCC3)c(F)c2)cc1. The minimum absolute atomic E-state index is 0.271. The van der Waals surface area contributed by atoms with Crippen molar-refractivity contribution in [3.8, 4) is 5.75 Å². The van der Waals surface area contributed by atoms with E-state index in [2.05, 4.69) is 10.5 Å². The highest BCUT2D eigenvalue weighted by atomic mass is 19.1. The van der Waals surface area contributed by atoms with Gasteiger partial charge in [0.2, 0.25) is 0 Å². The molecule has 2 aromatic carbocycles. The van der Waals surface area contributed by atoms with Crippen LogP contribution in [0.1, 0.15) is 28.8 Å². The molecule has 0 unspecified atom stereocenters. The van der Waals surface area contributed by atoms with Crippen LogP contribution in [0, 0.1) is 5.82 Å². The molecule has 1 amide bonds. The third kappa shape index (κ3) is 4.15. The van der Waals surface area contributed by atoms with Gasteiger partial charge in [0.05, 0.1) is 19.0 Å². The number of nitrogens with zero attached hydrogens (tertiary/aromatic N) is 2. The van der Waals surface area contributed by atoms with E-state index in [1.54, 1.807) is 43.5 Å².